The van der Waals surface area contributed by atoms with Crippen LogP contribution in [0.2, 0.25) is 0 Å². The molecule has 1 aromatic carbocycles. The van der Waals surface area contributed by atoms with Crippen LogP contribution in [-0.2, 0) is 16.1 Å². The van der Waals surface area contributed by atoms with Gasteiger partial charge in [0.25, 0.3) is 0 Å². The number of aliphatic carboxylic acids is 2. The maximum atomic E-state index is 11.9. The number of fused-ring (bicyclic) bond motifs is 1. The molecule has 0 spiro atoms. The van der Waals surface area contributed by atoms with Crippen LogP contribution in [0, 0.1) is 0 Å². The second-order valence-corrected chi connectivity index (χ2v) is 5.96. The van der Waals surface area contributed by atoms with Crippen molar-refractivity contribution in [2.24, 2.45) is 0 Å². The lowest BCUT2D eigenvalue weighted by molar-refractivity contribution is -0.144. The molecule has 0 aliphatic carbocycles. The summed E-state index contributed by atoms with van der Waals surface area (Å²) in [5.74, 6) is -1.83. The molecule has 1 aliphatic heterocycles. The fourth-order valence-electron chi connectivity index (χ4n) is 3.43. The number of carboxylic acids is 2. The van der Waals surface area contributed by atoms with Crippen LogP contribution < -0.4 is 0 Å². The van der Waals surface area contributed by atoms with Gasteiger partial charge in [0.2, 0.25) is 0 Å². The predicted molar refractivity (Wildman–Crippen MR) is 85.4 cm³/mol. The Balaban J connectivity index is 2.08. The first-order valence-corrected chi connectivity index (χ1v) is 7.84. The minimum atomic E-state index is -0.942. The van der Waals surface area contributed by atoms with Gasteiger partial charge >= 0.3 is 11.9 Å². The molecule has 0 saturated carbocycles. The highest BCUT2D eigenvalue weighted by molar-refractivity contribution is 5.90. The Labute approximate surface area is 133 Å². The molecule has 2 aromatic rings. The summed E-state index contributed by atoms with van der Waals surface area (Å²) in [5.41, 5.74) is 1.43. The van der Waals surface area contributed by atoms with Gasteiger partial charge in [-0.3, -0.25) is 14.5 Å². The van der Waals surface area contributed by atoms with Gasteiger partial charge in [-0.05, 0) is 32.0 Å². The Bertz CT molecular complexity index is 731. The number of aromatic nitrogens is 1. The zero-order valence-electron chi connectivity index (χ0n) is 12.8. The number of hydrogen-bond donors (Lipinski definition) is 2. The molecule has 23 heavy (non-hydrogen) atoms. The standard InChI is InChI=1S/C17H20N2O4/c20-15(21)11-19-10-13(12-6-2-3-7-14(12)19)16(17(22)23)18-8-4-1-5-9-18/h2-3,6-7,10,16H,1,4-5,8-9,11H2,(H,20,21)(H,22,23)/t16-/m1/s1. The zero-order chi connectivity index (χ0) is 16.4. The first kappa shape index (κ1) is 15.6. The Hall–Kier alpha value is -2.34. The number of piperidine rings is 1. The van der Waals surface area contributed by atoms with Gasteiger partial charge in [0, 0.05) is 22.7 Å². The van der Waals surface area contributed by atoms with E-state index >= 15 is 0 Å². The monoisotopic (exact) mass is 316 g/mol. The van der Waals surface area contributed by atoms with Crippen LogP contribution in [-0.4, -0.2) is 44.7 Å². The Morgan fingerprint density at radius 2 is 1.78 bits per heavy atom. The van der Waals surface area contributed by atoms with Gasteiger partial charge in [-0.2, -0.15) is 0 Å². The molecule has 0 bridgehead atoms. The number of carboxylic acid groups (broad SMARTS) is 2. The zero-order valence-corrected chi connectivity index (χ0v) is 12.8. The van der Waals surface area contributed by atoms with Crippen LogP contribution in [0.15, 0.2) is 30.5 Å². The fourth-order valence-corrected chi connectivity index (χ4v) is 3.43. The highest BCUT2D eigenvalue weighted by Crippen LogP contribution is 2.32. The average molecular weight is 316 g/mol. The first-order valence-electron chi connectivity index (χ1n) is 7.84. The second-order valence-electron chi connectivity index (χ2n) is 5.96. The first-order chi connectivity index (χ1) is 11.1. The SMILES string of the molecule is O=C(O)Cn1cc([C@H](C(=O)O)N2CCCCC2)c2ccccc21. The molecule has 6 heteroatoms. The van der Waals surface area contributed by atoms with E-state index in [4.69, 9.17) is 5.11 Å². The number of likely N-dealkylation sites (tertiary alicyclic amines) is 1. The summed E-state index contributed by atoms with van der Waals surface area (Å²) in [6, 6.07) is 6.66. The van der Waals surface area contributed by atoms with Crippen LogP contribution in [0.4, 0.5) is 0 Å². The van der Waals surface area contributed by atoms with Gasteiger partial charge < -0.3 is 14.8 Å². The predicted octanol–water partition coefficient (Wildman–Crippen LogP) is 2.34. The van der Waals surface area contributed by atoms with Gasteiger partial charge in [-0.1, -0.05) is 24.6 Å². The van der Waals surface area contributed by atoms with E-state index in [1.165, 1.54) is 0 Å². The molecule has 2 heterocycles. The van der Waals surface area contributed by atoms with Gasteiger partial charge in [0.05, 0.1) is 0 Å². The summed E-state index contributed by atoms with van der Waals surface area (Å²) in [6.45, 7) is 1.34. The smallest absolute Gasteiger partial charge is 0.325 e. The highest BCUT2D eigenvalue weighted by atomic mass is 16.4. The molecular formula is C17H20N2O4. The normalized spacial score (nSPS) is 17.2. The lowest BCUT2D eigenvalue weighted by atomic mass is 10.0. The average Bonchev–Trinajstić information content (AvgIpc) is 2.86. The lowest BCUT2D eigenvalue weighted by Crippen LogP contribution is -2.37. The van der Waals surface area contributed by atoms with Crippen molar-refractivity contribution in [3.05, 3.63) is 36.0 Å². The molecule has 0 unspecified atom stereocenters. The van der Waals surface area contributed by atoms with E-state index < -0.39 is 18.0 Å². The van der Waals surface area contributed by atoms with Crippen molar-refractivity contribution in [2.75, 3.05) is 13.1 Å². The van der Waals surface area contributed by atoms with E-state index in [9.17, 15) is 14.7 Å². The third-order valence-corrected chi connectivity index (χ3v) is 4.41. The van der Waals surface area contributed by atoms with Crippen molar-refractivity contribution in [1.82, 2.24) is 9.47 Å². The van der Waals surface area contributed by atoms with E-state index in [1.54, 1.807) is 10.8 Å². The van der Waals surface area contributed by atoms with E-state index in [1.807, 2.05) is 29.2 Å². The topological polar surface area (TPSA) is 82.8 Å². The van der Waals surface area contributed by atoms with E-state index in [0.717, 1.165) is 43.3 Å². The molecule has 0 amide bonds. The summed E-state index contributed by atoms with van der Waals surface area (Å²) in [7, 11) is 0. The Morgan fingerprint density at radius 3 is 2.43 bits per heavy atom. The number of nitrogens with zero attached hydrogens (tertiary/aromatic N) is 2. The van der Waals surface area contributed by atoms with Gasteiger partial charge in [-0.15, -0.1) is 0 Å². The van der Waals surface area contributed by atoms with Crippen molar-refractivity contribution in [3.63, 3.8) is 0 Å². The molecule has 1 aromatic heterocycles. The van der Waals surface area contributed by atoms with E-state index in [2.05, 4.69) is 0 Å². The van der Waals surface area contributed by atoms with Crippen molar-refractivity contribution >= 4 is 22.8 Å². The molecule has 1 atom stereocenters. The van der Waals surface area contributed by atoms with Crippen LogP contribution in [0.5, 0.6) is 0 Å². The third-order valence-electron chi connectivity index (χ3n) is 4.41. The van der Waals surface area contributed by atoms with Crippen molar-refractivity contribution in [2.45, 2.75) is 31.8 Å². The van der Waals surface area contributed by atoms with Crippen LogP contribution >= 0.6 is 0 Å². The number of hydrogen-bond acceptors (Lipinski definition) is 3. The maximum absolute atomic E-state index is 11.9. The molecule has 6 nitrogen and oxygen atoms in total. The summed E-state index contributed by atoms with van der Waals surface area (Å²) in [5, 5.41) is 19.7. The van der Waals surface area contributed by atoms with E-state index in [-0.39, 0.29) is 6.54 Å². The van der Waals surface area contributed by atoms with Crippen molar-refractivity contribution in [1.29, 1.82) is 0 Å². The summed E-state index contributed by atoms with van der Waals surface area (Å²) >= 11 is 0. The summed E-state index contributed by atoms with van der Waals surface area (Å²) in [6.07, 6.45) is 4.81. The highest BCUT2D eigenvalue weighted by Gasteiger charge is 2.31. The van der Waals surface area contributed by atoms with E-state index in [0.29, 0.717) is 5.56 Å². The summed E-state index contributed by atoms with van der Waals surface area (Å²) in [4.78, 5) is 25.0. The minimum absolute atomic E-state index is 0.174. The second kappa shape index (κ2) is 6.42. The molecule has 1 aliphatic rings. The molecular weight excluding hydrogens is 296 g/mol. The molecule has 122 valence electrons. The summed E-state index contributed by atoms with van der Waals surface area (Å²) < 4.78 is 1.62. The molecule has 0 radical (unpaired) electrons. The van der Waals surface area contributed by atoms with Gasteiger partial charge in [0.15, 0.2) is 0 Å². The number of para-hydroxylation sites is 1. The van der Waals surface area contributed by atoms with Crippen molar-refractivity contribution in [3.8, 4) is 0 Å². The van der Waals surface area contributed by atoms with Gasteiger partial charge in [-0.25, -0.2) is 0 Å². The van der Waals surface area contributed by atoms with Crippen LogP contribution in [0.3, 0.4) is 0 Å². The molecule has 2 N–H and O–H groups in total. The number of carbonyl (C=O) groups is 2. The molecule has 1 fully saturated rings. The van der Waals surface area contributed by atoms with Crippen LogP contribution in [0.1, 0.15) is 30.9 Å². The minimum Gasteiger partial charge on any atom is -0.480 e. The van der Waals surface area contributed by atoms with Gasteiger partial charge in [0.1, 0.15) is 12.6 Å². The molecule has 3 rings (SSSR count). The largest absolute Gasteiger partial charge is 0.480 e. The maximum Gasteiger partial charge on any atom is 0.325 e. The van der Waals surface area contributed by atoms with Crippen LogP contribution in [0.25, 0.3) is 10.9 Å². The number of benzene rings is 1. The molecule has 1 saturated heterocycles. The Kier molecular flexibility index (Phi) is 4.34. The quantitative estimate of drug-likeness (QED) is 0.884. The number of rotatable bonds is 5. The van der Waals surface area contributed by atoms with Crippen molar-refractivity contribution < 1.29 is 19.8 Å². The lowest BCUT2D eigenvalue weighted by Gasteiger charge is -2.31. The fraction of sp³-hybridized carbons (Fsp3) is 0.412. The Morgan fingerprint density at radius 1 is 1.09 bits per heavy atom. The third kappa shape index (κ3) is 3.07.